The van der Waals surface area contributed by atoms with Crippen molar-refractivity contribution in [3.05, 3.63) is 132 Å². The van der Waals surface area contributed by atoms with E-state index in [0.29, 0.717) is 26.1 Å². The summed E-state index contributed by atoms with van der Waals surface area (Å²) in [5.74, 6) is -0.450. The number of nitrogens with one attached hydrogen (secondary N) is 1. The first-order valence-corrected chi connectivity index (χ1v) is 16.0. The van der Waals surface area contributed by atoms with Gasteiger partial charge < -0.3 is 10.2 Å². The van der Waals surface area contributed by atoms with E-state index in [4.69, 9.17) is 0 Å². The summed E-state index contributed by atoms with van der Waals surface area (Å²) >= 11 is 0. The minimum Gasteiger partial charge on any atom is -0.350 e. The van der Waals surface area contributed by atoms with Gasteiger partial charge in [-0.05, 0) is 65.8 Å². The van der Waals surface area contributed by atoms with Crippen molar-refractivity contribution < 1.29 is 18.0 Å². The van der Waals surface area contributed by atoms with Crippen molar-refractivity contribution in [2.24, 2.45) is 0 Å². The number of sulfonamides is 1. The summed E-state index contributed by atoms with van der Waals surface area (Å²) < 4.78 is 27.4. The molecule has 4 aromatic rings. The number of amides is 2. The Morgan fingerprint density at radius 1 is 0.791 bits per heavy atom. The monoisotopic (exact) mass is 596 g/mol. The molecule has 9 heteroatoms. The van der Waals surface area contributed by atoms with Crippen molar-refractivity contribution in [1.29, 1.82) is 0 Å². The Bertz CT molecular complexity index is 1590. The number of hydrogen-bond acceptors (Lipinski definition) is 5. The Labute approximate surface area is 253 Å². The number of aromatic nitrogens is 1. The third-order valence-electron chi connectivity index (χ3n) is 7.66. The van der Waals surface area contributed by atoms with Crippen LogP contribution in [0.5, 0.6) is 0 Å². The molecule has 0 saturated carbocycles. The summed E-state index contributed by atoms with van der Waals surface area (Å²) in [6, 6.07) is 28.6. The van der Waals surface area contributed by atoms with Crippen molar-refractivity contribution >= 4 is 21.8 Å². The average molecular weight is 597 g/mol. The van der Waals surface area contributed by atoms with E-state index in [9.17, 15) is 18.0 Å². The third-order valence-corrected chi connectivity index (χ3v) is 9.57. The molecule has 1 unspecified atom stereocenters. The third kappa shape index (κ3) is 7.74. The van der Waals surface area contributed by atoms with Gasteiger partial charge in [0, 0.05) is 45.0 Å². The number of pyridine rings is 1. The Kier molecular flexibility index (Phi) is 9.96. The average Bonchev–Trinajstić information content (AvgIpc) is 3.61. The molecule has 0 aliphatic carbocycles. The number of aryl methyl sites for hydroxylation is 1. The molecule has 8 nitrogen and oxygen atoms in total. The van der Waals surface area contributed by atoms with Crippen LogP contribution in [0.15, 0.2) is 114 Å². The van der Waals surface area contributed by atoms with Crippen LogP contribution in [0.2, 0.25) is 0 Å². The van der Waals surface area contributed by atoms with Gasteiger partial charge in [0.25, 0.3) is 0 Å². The Morgan fingerprint density at radius 2 is 1.42 bits per heavy atom. The smallest absolute Gasteiger partial charge is 0.247 e. The Hall–Kier alpha value is -4.34. The largest absolute Gasteiger partial charge is 0.350 e. The predicted octanol–water partition coefficient (Wildman–Crippen LogP) is 4.89. The lowest BCUT2D eigenvalue weighted by Crippen LogP contribution is -2.43. The summed E-state index contributed by atoms with van der Waals surface area (Å²) in [5.41, 5.74) is 3.39. The van der Waals surface area contributed by atoms with Gasteiger partial charge in [-0.15, -0.1) is 0 Å². The summed E-state index contributed by atoms with van der Waals surface area (Å²) in [4.78, 5) is 33.7. The molecule has 3 aromatic carbocycles. The van der Waals surface area contributed by atoms with E-state index in [1.54, 1.807) is 41.6 Å². The molecule has 0 spiro atoms. The van der Waals surface area contributed by atoms with Gasteiger partial charge in [-0.25, -0.2) is 8.42 Å². The van der Waals surface area contributed by atoms with Crippen molar-refractivity contribution in [1.82, 2.24) is 19.5 Å². The Morgan fingerprint density at radius 3 is 2.07 bits per heavy atom. The normalized spacial score (nSPS) is 14.2. The number of hydrogen-bond donors (Lipinski definition) is 1. The standard InChI is InChI=1S/C34H36N4O4S/c39-32(18-15-27-13-16-31(17-14-27)43(41,42)37-23-7-8-24-37)38(26-29-9-3-1-4-10-29)33(30-11-5-2-6-12-30)34(40)36-25-28-19-21-35-22-20-28/h1-6,9-14,16-17,19-22,33H,7-8,15,18,23-26H2,(H,36,40). The van der Waals surface area contributed by atoms with E-state index < -0.39 is 16.1 Å². The second-order valence-electron chi connectivity index (χ2n) is 10.6. The van der Waals surface area contributed by atoms with Gasteiger partial charge in [-0.3, -0.25) is 14.6 Å². The molecule has 1 aliphatic rings. The summed E-state index contributed by atoms with van der Waals surface area (Å²) in [5, 5.41) is 3.01. The molecule has 0 radical (unpaired) electrons. The molecule has 5 rings (SSSR count). The molecule has 2 heterocycles. The van der Waals surface area contributed by atoms with Crippen LogP contribution in [0, 0.1) is 0 Å². The number of rotatable bonds is 12. The maximum atomic E-state index is 13.9. The molecular formula is C34H36N4O4S. The highest BCUT2D eigenvalue weighted by atomic mass is 32.2. The van der Waals surface area contributed by atoms with Crippen LogP contribution >= 0.6 is 0 Å². The van der Waals surface area contributed by atoms with Gasteiger partial charge in [-0.1, -0.05) is 72.8 Å². The van der Waals surface area contributed by atoms with Gasteiger partial charge in [0.05, 0.1) is 4.90 Å². The second kappa shape index (κ2) is 14.2. The van der Waals surface area contributed by atoms with Gasteiger partial charge in [0.2, 0.25) is 21.8 Å². The number of carbonyl (C=O) groups is 2. The fourth-order valence-corrected chi connectivity index (χ4v) is 6.82. The molecule has 0 bridgehead atoms. The Balaban J connectivity index is 1.36. The van der Waals surface area contributed by atoms with Crippen molar-refractivity contribution in [2.45, 2.75) is 49.7 Å². The zero-order valence-electron chi connectivity index (χ0n) is 24.0. The second-order valence-corrected chi connectivity index (χ2v) is 12.6. The highest BCUT2D eigenvalue weighted by Crippen LogP contribution is 2.26. The first-order chi connectivity index (χ1) is 20.9. The fourth-order valence-electron chi connectivity index (χ4n) is 5.30. The molecular weight excluding hydrogens is 560 g/mol. The SMILES string of the molecule is O=C(NCc1ccncc1)C(c1ccccc1)N(Cc1ccccc1)C(=O)CCc1ccc(S(=O)(=O)N2CCCC2)cc1. The topological polar surface area (TPSA) is 99.7 Å². The highest BCUT2D eigenvalue weighted by molar-refractivity contribution is 7.89. The quantitative estimate of drug-likeness (QED) is 0.251. The summed E-state index contributed by atoms with van der Waals surface area (Å²) in [6.45, 7) is 1.67. The maximum absolute atomic E-state index is 13.9. The summed E-state index contributed by atoms with van der Waals surface area (Å²) in [7, 11) is -3.50. The first-order valence-electron chi connectivity index (χ1n) is 14.6. The number of nitrogens with zero attached hydrogens (tertiary/aromatic N) is 3. The zero-order valence-corrected chi connectivity index (χ0v) is 24.8. The minimum atomic E-state index is -3.50. The molecule has 222 valence electrons. The van der Waals surface area contributed by atoms with Crippen LogP contribution in [-0.4, -0.2) is 47.5 Å². The zero-order chi connectivity index (χ0) is 30.1. The highest BCUT2D eigenvalue weighted by Gasteiger charge is 2.31. The molecule has 1 aromatic heterocycles. The van der Waals surface area contributed by atoms with Crippen LogP contribution in [0.1, 0.15) is 47.6 Å². The van der Waals surface area contributed by atoms with Gasteiger partial charge in [0.15, 0.2) is 0 Å². The minimum absolute atomic E-state index is 0.159. The van der Waals surface area contributed by atoms with Crippen molar-refractivity contribution in [3.63, 3.8) is 0 Å². The van der Waals surface area contributed by atoms with Gasteiger partial charge in [0.1, 0.15) is 6.04 Å². The predicted molar refractivity (Wildman–Crippen MR) is 165 cm³/mol. The lowest BCUT2D eigenvalue weighted by molar-refractivity contribution is -0.141. The van der Waals surface area contributed by atoms with Crippen molar-refractivity contribution in [3.8, 4) is 0 Å². The van der Waals surface area contributed by atoms with E-state index in [0.717, 1.165) is 35.1 Å². The van der Waals surface area contributed by atoms with Crippen molar-refractivity contribution in [2.75, 3.05) is 13.1 Å². The van der Waals surface area contributed by atoms with E-state index in [-0.39, 0.29) is 29.7 Å². The molecule has 1 atom stereocenters. The van der Waals surface area contributed by atoms with Crippen LogP contribution in [0.3, 0.4) is 0 Å². The van der Waals surface area contributed by atoms with Gasteiger partial charge >= 0.3 is 0 Å². The molecule has 1 aliphatic heterocycles. The van der Waals surface area contributed by atoms with Crippen LogP contribution in [-0.2, 0) is 39.1 Å². The molecule has 1 N–H and O–H groups in total. The van der Waals surface area contributed by atoms with Crippen LogP contribution in [0.25, 0.3) is 0 Å². The lowest BCUT2D eigenvalue weighted by atomic mass is 10.0. The maximum Gasteiger partial charge on any atom is 0.247 e. The number of benzene rings is 3. The van der Waals surface area contributed by atoms with Crippen LogP contribution in [0.4, 0.5) is 0 Å². The van der Waals surface area contributed by atoms with E-state index >= 15 is 0 Å². The molecule has 1 fully saturated rings. The molecule has 1 saturated heterocycles. The number of carbonyl (C=O) groups excluding carboxylic acids is 2. The lowest BCUT2D eigenvalue weighted by Gasteiger charge is -2.32. The first kappa shape index (κ1) is 30.1. The van der Waals surface area contributed by atoms with E-state index in [1.165, 1.54) is 4.31 Å². The van der Waals surface area contributed by atoms with E-state index in [1.807, 2.05) is 72.8 Å². The summed E-state index contributed by atoms with van der Waals surface area (Å²) in [6.07, 6.45) is 5.68. The van der Waals surface area contributed by atoms with Gasteiger partial charge in [-0.2, -0.15) is 4.31 Å². The fraction of sp³-hybridized carbons (Fsp3) is 0.265. The molecule has 43 heavy (non-hydrogen) atoms. The molecule has 2 amide bonds. The van der Waals surface area contributed by atoms with E-state index in [2.05, 4.69) is 10.3 Å². The van der Waals surface area contributed by atoms with Crippen LogP contribution < -0.4 is 5.32 Å².